The van der Waals surface area contributed by atoms with E-state index in [-0.39, 0.29) is 1.43 Å². The minimum atomic E-state index is -1.22. The summed E-state index contributed by atoms with van der Waals surface area (Å²) in [7, 11) is 0. The Bertz CT molecular complexity index is 569. The molecule has 0 atom stereocenters. The Labute approximate surface area is 141 Å². The van der Waals surface area contributed by atoms with Crippen molar-refractivity contribution in [3.63, 3.8) is 0 Å². The summed E-state index contributed by atoms with van der Waals surface area (Å²) in [6.07, 6.45) is 0. The van der Waals surface area contributed by atoms with Crippen LogP contribution >= 0.6 is 0 Å². The van der Waals surface area contributed by atoms with Crippen LogP contribution in [0.1, 0.15) is 18.1 Å². The molecule has 0 aliphatic rings. The molecule has 0 bridgehead atoms. The number of benzene rings is 3. The number of hydrogen-bond donors (Lipinski definition) is 0. The molecule has 0 fully saturated rings. The fourth-order valence-electron chi connectivity index (χ4n) is 2.84. The molecule has 0 radical (unpaired) electrons. The first-order chi connectivity index (χ1) is 10.9. The van der Waals surface area contributed by atoms with E-state index in [9.17, 15) is 0 Å². The van der Waals surface area contributed by atoms with E-state index in [0.717, 1.165) is 0 Å². The minimum absolute atomic E-state index is 0. The quantitative estimate of drug-likeness (QED) is 0.539. The van der Waals surface area contributed by atoms with E-state index in [1.807, 2.05) is 0 Å². The van der Waals surface area contributed by atoms with Crippen LogP contribution in [0.15, 0.2) is 91.0 Å². The molecule has 0 saturated heterocycles. The molecule has 0 heterocycles. The number of rotatable bonds is 6. The second kappa shape index (κ2) is 8.12. The Morgan fingerprint density at radius 3 is 1.00 bits per heavy atom. The van der Waals surface area contributed by atoms with Gasteiger partial charge in [-0.3, -0.25) is 0 Å². The first kappa shape index (κ1) is 15.3. The van der Waals surface area contributed by atoms with Crippen LogP contribution in [0.3, 0.4) is 0 Å². The van der Waals surface area contributed by atoms with Crippen molar-refractivity contribution < 1.29 is 19.3 Å². The molecule has 0 aliphatic carbocycles. The van der Waals surface area contributed by atoms with Gasteiger partial charge in [0.25, 0.3) is 0 Å². The summed E-state index contributed by atoms with van der Waals surface area (Å²) in [6, 6.07) is 33.0. The molecule has 0 aliphatic heterocycles. The summed E-state index contributed by atoms with van der Waals surface area (Å²) in [5, 5.41) is 0. The second-order valence-electron chi connectivity index (χ2n) is 5.74. The van der Waals surface area contributed by atoms with E-state index < -0.39 is 17.9 Å². The Kier molecular flexibility index (Phi) is 5.64. The van der Waals surface area contributed by atoms with Crippen molar-refractivity contribution in [3.8, 4) is 0 Å². The molecule has 111 valence electrons. The molecule has 1 heteroatoms. The van der Waals surface area contributed by atoms with Gasteiger partial charge in [0.15, 0.2) is 0 Å². The molecule has 0 spiro atoms. The van der Waals surface area contributed by atoms with E-state index in [4.69, 9.17) is 0 Å². The molecule has 22 heavy (non-hydrogen) atoms. The van der Waals surface area contributed by atoms with Crippen molar-refractivity contribution in [1.82, 2.24) is 0 Å². The van der Waals surface area contributed by atoms with Crippen LogP contribution in [0, 0.1) is 0 Å². The first-order valence-corrected chi connectivity index (χ1v) is 11.2. The van der Waals surface area contributed by atoms with Crippen molar-refractivity contribution in [1.29, 1.82) is 0 Å². The summed E-state index contributed by atoms with van der Waals surface area (Å²) >= 11 is -1.22. The zero-order valence-electron chi connectivity index (χ0n) is 13.8. The van der Waals surface area contributed by atoms with Crippen LogP contribution in [-0.2, 0) is 32.0 Å². The number of hydrogen-bond acceptors (Lipinski definition) is 0. The van der Waals surface area contributed by atoms with Crippen molar-refractivity contribution in [2.75, 3.05) is 0 Å². The Morgan fingerprint density at radius 2 is 0.727 bits per heavy atom. The SMILES string of the molecule is [H-].c1ccc([CH2][Ti]([CH2]c2ccccc2)[CH2]c2ccccc2)cc1. The van der Waals surface area contributed by atoms with Crippen LogP contribution in [-0.4, -0.2) is 0 Å². The van der Waals surface area contributed by atoms with Crippen LogP contribution < -0.4 is 0 Å². The van der Waals surface area contributed by atoms with Gasteiger partial charge in [-0.2, -0.15) is 0 Å². The van der Waals surface area contributed by atoms with Crippen molar-refractivity contribution in [2.45, 2.75) is 14.2 Å². The van der Waals surface area contributed by atoms with Gasteiger partial charge in [-0.25, -0.2) is 0 Å². The normalized spacial score (nSPS) is 10.4. The molecular formula is C21H22Ti-. The van der Waals surface area contributed by atoms with E-state index >= 15 is 0 Å². The standard InChI is InChI=1S/3C7H7.Ti.H/c3*1-7-5-3-2-4-6-7;;/h3*2-6H,1H2;;/q;;;;-1. The predicted octanol–water partition coefficient (Wildman–Crippen LogP) is 5.32. The maximum absolute atomic E-state index is 2.28. The fraction of sp³-hybridized carbons (Fsp3) is 0.143. The van der Waals surface area contributed by atoms with E-state index in [1.54, 1.807) is 0 Å². The molecule has 0 saturated carbocycles. The zero-order valence-corrected chi connectivity index (χ0v) is 14.3. The third kappa shape index (κ3) is 4.69. The van der Waals surface area contributed by atoms with Crippen LogP contribution in [0.5, 0.6) is 0 Å². The van der Waals surface area contributed by atoms with Gasteiger partial charge in [-0.1, -0.05) is 0 Å². The van der Waals surface area contributed by atoms with E-state index in [2.05, 4.69) is 91.0 Å². The monoisotopic (exact) mass is 322 g/mol. The molecular weight excluding hydrogens is 300 g/mol. The average molecular weight is 322 g/mol. The molecule has 3 aromatic rings. The van der Waals surface area contributed by atoms with Crippen molar-refractivity contribution >= 4 is 0 Å². The summed E-state index contributed by atoms with van der Waals surface area (Å²) in [5.74, 6) is 0. The van der Waals surface area contributed by atoms with Crippen LogP contribution in [0.25, 0.3) is 0 Å². The molecule has 0 aromatic heterocycles. The Balaban J connectivity index is 0.00000192. The molecule has 3 rings (SSSR count). The maximum atomic E-state index is 2.28. The van der Waals surface area contributed by atoms with Crippen molar-refractivity contribution in [2.24, 2.45) is 0 Å². The molecule has 0 unspecified atom stereocenters. The zero-order chi connectivity index (χ0) is 15.0. The van der Waals surface area contributed by atoms with Gasteiger partial charge in [-0.05, 0) is 0 Å². The fourth-order valence-corrected chi connectivity index (χ4v) is 7.24. The van der Waals surface area contributed by atoms with E-state index in [1.165, 1.54) is 30.9 Å². The first-order valence-electron chi connectivity index (χ1n) is 7.85. The second-order valence-corrected chi connectivity index (χ2v) is 9.74. The van der Waals surface area contributed by atoms with Gasteiger partial charge >= 0.3 is 140 Å². The molecule has 0 N–H and O–H groups in total. The van der Waals surface area contributed by atoms with Gasteiger partial charge in [0.1, 0.15) is 0 Å². The van der Waals surface area contributed by atoms with Gasteiger partial charge in [0, 0.05) is 0 Å². The Morgan fingerprint density at radius 1 is 0.455 bits per heavy atom. The summed E-state index contributed by atoms with van der Waals surface area (Å²) in [4.78, 5) is 0. The van der Waals surface area contributed by atoms with Gasteiger partial charge in [0.2, 0.25) is 0 Å². The summed E-state index contributed by atoms with van der Waals surface area (Å²) in [5.41, 5.74) is 4.51. The van der Waals surface area contributed by atoms with Crippen LogP contribution in [0.4, 0.5) is 0 Å². The van der Waals surface area contributed by atoms with Crippen LogP contribution in [0.2, 0.25) is 0 Å². The third-order valence-corrected chi connectivity index (χ3v) is 8.15. The van der Waals surface area contributed by atoms with Gasteiger partial charge in [-0.15, -0.1) is 0 Å². The topological polar surface area (TPSA) is 0 Å². The third-order valence-electron chi connectivity index (χ3n) is 3.89. The van der Waals surface area contributed by atoms with E-state index in [0.29, 0.717) is 0 Å². The molecule has 0 nitrogen and oxygen atoms in total. The van der Waals surface area contributed by atoms with Crippen molar-refractivity contribution in [3.05, 3.63) is 108 Å². The van der Waals surface area contributed by atoms with Gasteiger partial charge < -0.3 is 1.43 Å². The molecule has 3 aromatic carbocycles. The average Bonchev–Trinajstić information content (AvgIpc) is 2.57. The molecule has 0 amide bonds. The summed E-state index contributed by atoms with van der Waals surface area (Å²) < 4.78 is 3.89. The predicted molar refractivity (Wildman–Crippen MR) is 91.6 cm³/mol. The summed E-state index contributed by atoms with van der Waals surface area (Å²) in [6.45, 7) is 0. The van der Waals surface area contributed by atoms with Gasteiger partial charge in [0.05, 0.1) is 0 Å². The Hall–Kier alpha value is -1.63.